The van der Waals surface area contributed by atoms with Gasteiger partial charge in [-0.25, -0.2) is 22.8 Å². The van der Waals surface area contributed by atoms with Gasteiger partial charge in [0, 0.05) is 5.88 Å². The summed E-state index contributed by atoms with van der Waals surface area (Å²) in [6.45, 7) is 1.39. The molecular weight excluding hydrogens is 243 g/mol. The SMILES string of the molecule is Cc1ncnc(S(=O)(=O)CCCCl)c1F. The molecule has 0 fully saturated rings. The van der Waals surface area contributed by atoms with Gasteiger partial charge in [0.1, 0.15) is 6.33 Å². The van der Waals surface area contributed by atoms with Crippen LogP contribution in [0.4, 0.5) is 4.39 Å². The quantitative estimate of drug-likeness (QED) is 0.599. The lowest BCUT2D eigenvalue weighted by atomic mass is 10.4. The fourth-order valence-electron chi connectivity index (χ4n) is 0.994. The fraction of sp³-hybridized carbons (Fsp3) is 0.500. The van der Waals surface area contributed by atoms with Crippen LogP contribution in [0.5, 0.6) is 0 Å². The highest BCUT2D eigenvalue weighted by Crippen LogP contribution is 2.15. The van der Waals surface area contributed by atoms with Gasteiger partial charge in [0.05, 0.1) is 11.4 Å². The van der Waals surface area contributed by atoms with Crippen molar-refractivity contribution >= 4 is 21.4 Å². The van der Waals surface area contributed by atoms with E-state index in [-0.39, 0.29) is 23.7 Å². The fourth-order valence-corrected chi connectivity index (χ4v) is 2.63. The van der Waals surface area contributed by atoms with E-state index in [1.807, 2.05) is 0 Å². The molecule has 0 bridgehead atoms. The van der Waals surface area contributed by atoms with Gasteiger partial charge in [0.25, 0.3) is 0 Å². The minimum absolute atomic E-state index is 0.0226. The summed E-state index contributed by atoms with van der Waals surface area (Å²) >= 11 is 5.38. The first-order chi connectivity index (χ1) is 6.99. The Balaban J connectivity index is 3.10. The first-order valence-corrected chi connectivity index (χ1v) is 6.43. The number of halogens is 2. The lowest BCUT2D eigenvalue weighted by molar-refractivity contribution is 0.539. The number of sulfone groups is 1. The Labute approximate surface area is 92.4 Å². The summed E-state index contributed by atoms with van der Waals surface area (Å²) in [4.78, 5) is 7.00. The highest BCUT2D eigenvalue weighted by Gasteiger charge is 2.22. The summed E-state index contributed by atoms with van der Waals surface area (Å²) in [5.41, 5.74) is 0.0226. The third-order valence-electron chi connectivity index (χ3n) is 1.77. The van der Waals surface area contributed by atoms with Gasteiger partial charge in [-0.15, -0.1) is 11.6 Å². The Bertz CT molecular complexity index is 450. The Morgan fingerprint density at radius 1 is 1.47 bits per heavy atom. The molecule has 0 amide bonds. The van der Waals surface area contributed by atoms with Crippen molar-refractivity contribution in [1.29, 1.82) is 0 Å². The second-order valence-corrected chi connectivity index (χ2v) is 5.34. The van der Waals surface area contributed by atoms with Gasteiger partial charge >= 0.3 is 0 Å². The van der Waals surface area contributed by atoms with E-state index in [2.05, 4.69) is 9.97 Å². The molecule has 15 heavy (non-hydrogen) atoms. The molecule has 1 rings (SSSR count). The first kappa shape index (κ1) is 12.3. The minimum Gasteiger partial charge on any atom is -0.239 e. The standard InChI is InChI=1S/C8H10ClFN2O2S/c1-6-7(10)8(12-5-11-6)15(13,14)4-2-3-9/h5H,2-4H2,1H3. The summed E-state index contributed by atoms with van der Waals surface area (Å²) in [7, 11) is -3.69. The summed E-state index contributed by atoms with van der Waals surface area (Å²) < 4.78 is 36.5. The molecule has 4 nitrogen and oxygen atoms in total. The molecule has 0 aromatic carbocycles. The monoisotopic (exact) mass is 252 g/mol. The van der Waals surface area contributed by atoms with Gasteiger partial charge in [-0.1, -0.05) is 0 Å². The zero-order valence-corrected chi connectivity index (χ0v) is 9.65. The predicted octanol–water partition coefficient (Wildman–Crippen LogP) is 1.33. The van der Waals surface area contributed by atoms with E-state index in [4.69, 9.17) is 11.6 Å². The van der Waals surface area contributed by atoms with Crippen molar-refractivity contribution in [2.75, 3.05) is 11.6 Å². The van der Waals surface area contributed by atoms with E-state index >= 15 is 0 Å². The van der Waals surface area contributed by atoms with Crippen LogP contribution < -0.4 is 0 Å². The van der Waals surface area contributed by atoms with Gasteiger partial charge in [0.2, 0.25) is 0 Å². The van der Waals surface area contributed by atoms with Gasteiger partial charge < -0.3 is 0 Å². The molecule has 0 radical (unpaired) electrons. The molecule has 0 unspecified atom stereocenters. The van der Waals surface area contributed by atoms with Crippen molar-refractivity contribution in [3.05, 3.63) is 17.8 Å². The molecule has 7 heteroatoms. The van der Waals surface area contributed by atoms with Gasteiger partial charge in [-0.2, -0.15) is 0 Å². The van der Waals surface area contributed by atoms with Gasteiger partial charge in [-0.05, 0) is 13.3 Å². The molecule has 0 saturated heterocycles. The number of alkyl halides is 1. The molecule has 1 aromatic heterocycles. The largest absolute Gasteiger partial charge is 0.239 e. The summed E-state index contributed by atoms with van der Waals surface area (Å²) in [6.07, 6.45) is 1.30. The lowest BCUT2D eigenvalue weighted by Crippen LogP contribution is -2.13. The Kier molecular flexibility index (Phi) is 3.98. The van der Waals surface area contributed by atoms with E-state index in [1.54, 1.807) is 0 Å². The number of hydrogen-bond acceptors (Lipinski definition) is 4. The van der Waals surface area contributed by atoms with E-state index in [1.165, 1.54) is 6.92 Å². The molecule has 0 saturated carbocycles. The predicted molar refractivity (Wildman–Crippen MR) is 54.1 cm³/mol. The molecule has 0 aliphatic heterocycles. The van der Waals surface area contributed by atoms with Crippen molar-refractivity contribution in [2.45, 2.75) is 18.4 Å². The molecule has 84 valence electrons. The Hall–Kier alpha value is -0.750. The smallest absolute Gasteiger partial charge is 0.198 e. The van der Waals surface area contributed by atoms with E-state index in [0.29, 0.717) is 0 Å². The topological polar surface area (TPSA) is 59.9 Å². The van der Waals surface area contributed by atoms with Gasteiger partial charge in [0.15, 0.2) is 20.7 Å². The van der Waals surface area contributed by atoms with E-state index < -0.39 is 20.7 Å². The molecule has 0 N–H and O–H groups in total. The molecule has 0 atom stereocenters. The number of aryl methyl sites for hydroxylation is 1. The average molecular weight is 253 g/mol. The van der Waals surface area contributed by atoms with Crippen molar-refractivity contribution in [1.82, 2.24) is 9.97 Å². The van der Waals surface area contributed by atoms with Crippen LogP contribution in [-0.2, 0) is 9.84 Å². The Morgan fingerprint density at radius 3 is 2.73 bits per heavy atom. The maximum Gasteiger partial charge on any atom is 0.198 e. The molecule has 0 aliphatic carbocycles. The minimum atomic E-state index is -3.69. The lowest BCUT2D eigenvalue weighted by Gasteiger charge is -2.04. The zero-order chi connectivity index (χ0) is 11.5. The van der Waals surface area contributed by atoms with Crippen LogP contribution in [0.25, 0.3) is 0 Å². The zero-order valence-electron chi connectivity index (χ0n) is 8.07. The first-order valence-electron chi connectivity index (χ1n) is 4.25. The highest BCUT2D eigenvalue weighted by atomic mass is 35.5. The van der Waals surface area contributed by atoms with Crippen LogP contribution in [0.15, 0.2) is 11.4 Å². The Morgan fingerprint density at radius 2 is 2.13 bits per heavy atom. The maximum atomic E-state index is 13.4. The summed E-state index contributed by atoms with van der Waals surface area (Å²) in [5, 5.41) is -0.542. The van der Waals surface area contributed by atoms with Crippen molar-refractivity contribution in [3.63, 3.8) is 0 Å². The van der Waals surface area contributed by atoms with Crippen LogP contribution in [-0.4, -0.2) is 30.0 Å². The third kappa shape index (κ3) is 2.85. The van der Waals surface area contributed by atoms with E-state index in [0.717, 1.165) is 6.33 Å². The number of nitrogens with zero attached hydrogens (tertiary/aromatic N) is 2. The van der Waals surface area contributed by atoms with Crippen molar-refractivity contribution in [2.24, 2.45) is 0 Å². The third-order valence-corrected chi connectivity index (χ3v) is 3.74. The van der Waals surface area contributed by atoms with Crippen LogP contribution >= 0.6 is 11.6 Å². The number of rotatable bonds is 4. The molecule has 0 spiro atoms. The van der Waals surface area contributed by atoms with Crippen LogP contribution in [0.1, 0.15) is 12.1 Å². The second kappa shape index (κ2) is 4.85. The van der Waals surface area contributed by atoms with Crippen LogP contribution in [0, 0.1) is 12.7 Å². The average Bonchev–Trinajstić information content (AvgIpc) is 2.19. The highest BCUT2D eigenvalue weighted by molar-refractivity contribution is 7.91. The van der Waals surface area contributed by atoms with E-state index in [9.17, 15) is 12.8 Å². The van der Waals surface area contributed by atoms with Crippen LogP contribution in [0.3, 0.4) is 0 Å². The molecule has 0 aliphatic rings. The molecule has 1 heterocycles. The van der Waals surface area contributed by atoms with Crippen molar-refractivity contribution < 1.29 is 12.8 Å². The van der Waals surface area contributed by atoms with Crippen molar-refractivity contribution in [3.8, 4) is 0 Å². The molecule has 1 aromatic rings. The number of aromatic nitrogens is 2. The maximum absolute atomic E-state index is 13.4. The van der Waals surface area contributed by atoms with Crippen LogP contribution in [0.2, 0.25) is 0 Å². The van der Waals surface area contributed by atoms with Gasteiger partial charge in [-0.3, -0.25) is 0 Å². The second-order valence-electron chi connectivity index (χ2n) is 2.94. The molecular formula is C8H10ClFN2O2S. The summed E-state index contributed by atoms with van der Waals surface area (Å²) in [6, 6.07) is 0. The number of hydrogen-bond donors (Lipinski definition) is 0. The normalized spacial score (nSPS) is 11.7. The summed E-state index contributed by atoms with van der Waals surface area (Å²) in [5.74, 6) is -0.874.